The van der Waals surface area contributed by atoms with E-state index in [-0.39, 0.29) is 6.23 Å². The molecule has 0 radical (unpaired) electrons. The monoisotopic (exact) mass is 249 g/mol. The molecule has 1 atom stereocenters. The van der Waals surface area contributed by atoms with E-state index in [1.165, 1.54) is 0 Å². The number of hydrogen-bond acceptors (Lipinski definition) is 6. The fraction of sp³-hybridized carbons (Fsp3) is 1.00. The molecule has 0 spiro atoms. The smallest absolute Gasteiger partial charge is 0.105 e. The van der Waals surface area contributed by atoms with Gasteiger partial charge in [-0.2, -0.15) is 0 Å². The van der Waals surface area contributed by atoms with Crippen molar-refractivity contribution in [3.8, 4) is 0 Å². The van der Waals surface area contributed by atoms with Crippen molar-refractivity contribution >= 4 is 0 Å². The summed E-state index contributed by atoms with van der Waals surface area (Å²) in [6.45, 7) is 4.31. The first kappa shape index (κ1) is 16.8. The highest BCUT2D eigenvalue weighted by molar-refractivity contribution is 4.50. The average Bonchev–Trinajstić information content (AvgIpc) is 2.33. The lowest BCUT2D eigenvalue weighted by molar-refractivity contribution is -0.0114. The van der Waals surface area contributed by atoms with E-state index in [1.807, 2.05) is 7.05 Å². The molecule has 6 nitrogen and oxygen atoms in total. The fourth-order valence-corrected chi connectivity index (χ4v) is 1.23. The minimum Gasteiger partial charge on any atom is -0.378 e. The van der Waals surface area contributed by atoms with Gasteiger partial charge in [-0.3, -0.25) is 0 Å². The zero-order valence-electron chi connectivity index (χ0n) is 10.8. The van der Waals surface area contributed by atoms with Gasteiger partial charge < -0.3 is 31.0 Å². The number of ether oxygens (including phenoxy) is 3. The van der Waals surface area contributed by atoms with Crippen LogP contribution in [0, 0.1) is 0 Å². The van der Waals surface area contributed by atoms with Crippen LogP contribution in [0.4, 0.5) is 0 Å². The van der Waals surface area contributed by atoms with Crippen molar-refractivity contribution in [2.75, 3.05) is 53.2 Å². The first-order valence-electron chi connectivity index (χ1n) is 6.18. The molecule has 0 rings (SSSR count). The standard InChI is InChI=1S/C11H27N3O3/c1-14-5-2-3-11(13)17-10-9-16-8-7-15-6-4-12/h11,14H,2-10,12-13H2,1H3. The molecule has 0 aromatic rings. The molecular formula is C11H27N3O3. The predicted molar refractivity (Wildman–Crippen MR) is 67.8 cm³/mol. The molecule has 0 saturated carbocycles. The molecule has 0 aromatic heterocycles. The fourth-order valence-electron chi connectivity index (χ4n) is 1.23. The van der Waals surface area contributed by atoms with Crippen LogP contribution in [0.3, 0.4) is 0 Å². The molecule has 0 saturated heterocycles. The minimum absolute atomic E-state index is 0.194. The summed E-state index contributed by atoms with van der Waals surface area (Å²) in [4.78, 5) is 0. The van der Waals surface area contributed by atoms with Crippen molar-refractivity contribution in [3.63, 3.8) is 0 Å². The molecule has 0 aliphatic heterocycles. The Balaban J connectivity index is 3.05. The maximum absolute atomic E-state index is 5.75. The number of rotatable bonds is 13. The highest BCUT2D eigenvalue weighted by atomic mass is 16.5. The second-order valence-electron chi connectivity index (χ2n) is 3.67. The zero-order chi connectivity index (χ0) is 12.8. The molecule has 1 unspecified atom stereocenters. The maximum atomic E-state index is 5.75. The second-order valence-corrected chi connectivity index (χ2v) is 3.67. The highest BCUT2D eigenvalue weighted by Crippen LogP contribution is 1.95. The van der Waals surface area contributed by atoms with Gasteiger partial charge in [0.25, 0.3) is 0 Å². The molecule has 5 N–H and O–H groups in total. The van der Waals surface area contributed by atoms with E-state index in [1.54, 1.807) is 0 Å². The van der Waals surface area contributed by atoms with Crippen molar-refractivity contribution in [2.45, 2.75) is 19.1 Å². The van der Waals surface area contributed by atoms with Crippen molar-refractivity contribution in [3.05, 3.63) is 0 Å². The molecule has 6 heteroatoms. The number of hydrogen-bond donors (Lipinski definition) is 3. The van der Waals surface area contributed by atoms with Gasteiger partial charge in [-0.05, 0) is 26.4 Å². The normalized spacial score (nSPS) is 12.9. The Hall–Kier alpha value is -0.240. The highest BCUT2D eigenvalue weighted by Gasteiger charge is 2.01. The van der Waals surface area contributed by atoms with Crippen LogP contribution in [-0.4, -0.2) is 59.4 Å². The van der Waals surface area contributed by atoms with Gasteiger partial charge in [0, 0.05) is 6.54 Å². The van der Waals surface area contributed by atoms with Crippen molar-refractivity contribution < 1.29 is 14.2 Å². The third kappa shape index (κ3) is 13.7. The molecule has 17 heavy (non-hydrogen) atoms. The van der Waals surface area contributed by atoms with Crippen molar-refractivity contribution in [1.82, 2.24) is 5.32 Å². The Bertz CT molecular complexity index is 150. The molecule has 0 aliphatic rings. The van der Waals surface area contributed by atoms with Crippen LogP contribution in [0.5, 0.6) is 0 Å². The lowest BCUT2D eigenvalue weighted by Crippen LogP contribution is -2.27. The van der Waals surface area contributed by atoms with E-state index in [4.69, 9.17) is 25.7 Å². The quantitative estimate of drug-likeness (QED) is 0.295. The van der Waals surface area contributed by atoms with Crippen LogP contribution in [0.1, 0.15) is 12.8 Å². The van der Waals surface area contributed by atoms with Crippen LogP contribution in [0.25, 0.3) is 0 Å². The number of nitrogens with one attached hydrogen (secondary N) is 1. The van der Waals surface area contributed by atoms with E-state index >= 15 is 0 Å². The van der Waals surface area contributed by atoms with Gasteiger partial charge in [0.2, 0.25) is 0 Å². The summed E-state index contributed by atoms with van der Waals surface area (Å²) in [5.74, 6) is 0. The molecule has 104 valence electrons. The molecular weight excluding hydrogens is 222 g/mol. The number of nitrogens with two attached hydrogens (primary N) is 2. The van der Waals surface area contributed by atoms with Crippen LogP contribution in [0.2, 0.25) is 0 Å². The molecule has 0 aliphatic carbocycles. The van der Waals surface area contributed by atoms with Crippen molar-refractivity contribution in [2.24, 2.45) is 11.5 Å². The van der Waals surface area contributed by atoms with E-state index in [0.29, 0.717) is 39.6 Å². The Morgan fingerprint density at radius 1 is 1.06 bits per heavy atom. The maximum Gasteiger partial charge on any atom is 0.105 e. The van der Waals surface area contributed by atoms with Gasteiger partial charge >= 0.3 is 0 Å². The first-order valence-corrected chi connectivity index (χ1v) is 6.18. The lowest BCUT2D eigenvalue weighted by atomic mass is 10.3. The predicted octanol–water partition coefficient (Wildman–Crippen LogP) is -0.721. The summed E-state index contributed by atoms with van der Waals surface area (Å²) in [5.41, 5.74) is 11.0. The van der Waals surface area contributed by atoms with E-state index < -0.39 is 0 Å². The molecule has 0 heterocycles. The summed E-state index contributed by atoms with van der Waals surface area (Å²) in [7, 11) is 1.92. The molecule has 0 bridgehead atoms. The second kappa shape index (κ2) is 13.8. The summed E-state index contributed by atoms with van der Waals surface area (Å²) in [6, 6.07) is 0. The van der Waals surface area contributed by atoms with E-state index in [9.17, 15) is 0 Å². The average molecular weight is 249 g/mol. The zero-order valence-corrected chi connectivity index (χ0v) is 10.8. The summed E-state index contributed by atoms with van der Waals surface area (Å²) in [5, 5.41) is 3.07. The third-order valence-electron chi connectivity index (χ3n) is 2.11. The topological polar surface area (TPSA) is 91.8 Å². The van der Waals surface area contributed by atoms with Gasteiger partial charge in [0.1, 0.15) is 6.23 Å². The molecule has 0 amide bonds. The molecule has 0 fully saturated rings. The van der Waals surface area contributed by atoms with E-state index in [0.717, 1.165) is 19.4 Å². The van der Waals surface area contributed by atoms with Gasteiger partial charge in [0.05, 0.1) is 33.0 Å². The Morgan fingerprint density at radius 3 is 2.35 bits per heavy atom. The van der Waals surface area contributed by atoms with E-state index in [2.05, 4.69) is 5.32 Å². The molecule has 0 aromatic carbocycles. The van der Waals surface area contributed by atoms with Crippen LogP contribution in [0.15, 0.2) is 0 Å². The Kier molecular flexibility index (Phi) is 13.6. The first-order chi connectivity index (χ1) is 8.31. The lowest BCUT2D eigenvalue weighted by Gasteiger charge is -2.12. The van der Waals surface area contributed by atoms with Crippen LogP contribution < -0.4 is 16.8 Å². The Morgan fingerprint density at radius 2 is 1.71 bits per heavy atom. The summed E-state index contributed by atoms with van der Waals surface area (Å²) in [6.07, 6.45) is 1.69. The van der Waals surface area contributed by atoms with Gasteiger partial charge in [-0.25, -0.2) is 0 Å². The van der Waals surface area contributed by atoms with Gasteiger partial charge in [0.15, 0.2) is 0 Å². The largest absolute Gasteiger partial charge is 0.378 e. The van der Waals surface area contributed by atoms with Crippen LogP contribution in [-0.2, 0) is 14.2 Å². The SMILES string of the molecule is CNCCCC(N)OCCOCCOCCN. The summed E-state index contributed by atoms with van der Waals surface area (Å²) < 4.78 is 15.8. The Labute approximate surface area is 104 Å². The minimum atomic E-state index is -0.194. The summed E-state index contributed by atoms with van der Waals surface area (Å²) >= 11 is 0. The van der Waals surface area contributed by atoms with Gasteiger partial charge in [-0.15, -0.1) is 0 Å². The third-order valence-corrected chi connectivity index (χ3v) is 2.11. The van der Waals surface area contributed by atoms with Gasteiger partial charge in [-0.1, -0.05) is 0 Å². The van der Waals surface area contributed by atoms with Crippen LogP contribution >= 0.6 is 0 Å². The van der Waals surface area contributed by atoms with Crippen molar-refractivity contribution in [1.29, 1.82) is 0 Å².